The van der Waals surface area contributed by atoms with Crippen LogP contribution in [0.2, 0.25) is 0 Å². The summed E-state index contributed by atoms with van der Waals surface area (Å²) in [6.07, 6.45) is 0.456. The maximum atomic E-state index is 12.8. The highest BCUT2D eigenvalue weighted by Crippen LogP contribution is 2.19. The Morgan fingerprint density at radius 2 is 1.77 bits per heavy atom. The van der Waals surface area contributed by atoms with E-state index in [0.717, 1.165) is 5.56 Å². The van der Waals surface area contributed by atoms with Crippen LogP contribution in [0.1, 0.15) is 24.8 Å². The smallest absolute Gasteiger partial charge is 0.322 e. The van der Waals surface area contributed by atoms with Gasteiger partial charge in [-0.25, -0.2) is 0 Å². The molecule has 1 heterocycles. The number of carboxylic acid groups (broad SMARTS) is 2. The number of hydrogen-bond acceptors (Lipinski definition) is 6. The van der Waals surface area contributed by atoms with Crippen LogP contribution in [0.15, 0.2) is 30.3 Å². The minimum absolute atomic E-state index is 0.295. The van der Waals surface area contributed by atoms with Gasteiger partial charge in [-0.05, 0) is 24.8 Å². The number of aliphatic carboxylic acids is 2. The van der Waals surface area contributed by atoms with Crippen molar-refractivity contribution < 1.29 is 34.2 Å². The third-order valence-electron chi connectivity index (χ3n) is 4.88. The topological polar surface area (TPSA) is 179 Å². The summed E-state index contributed by atoms with van der Waals surface area (Å²) < 4.78 is 0. The van der Waals surface area contributed by atoms with Gasteiger partial charge in [-0.2, -0.15) is 0 Å². The lowest BCUT2D eigenvalue weighted by Gasteiger charge is -2.28. The molecule has 1 fully saturated rings. The molecule has 1 aliphatic heterocycles. The molecule has 31 heavy (non-hydrogen) atoms. The van der Waals surface area contributed by atoms with Crippen LogP contribution in [0, 0.1) is 0 Å². The lowest BCUT2D eigenvalue weighted by Crippen LogP contribution is -2.56. The van der Waals surface area contributed by atoms with Crippen LogP contribution >= 0.6 is 0 Å². The van der Waals surface area contributed by atoms with Crippen LogP contribution in [-0.2, 0) is 30.4 Å². The second-order valence-corrected chi connectivity index (χ2v) is 7.26. The number of hydrogen-bond donors (Lipinski definition) is 5. The van der Waals surface area contributed by atoms with Gasteiger partial charge in [-0.15, -0.1) is 0 Å². The Morgan fingerprint density at radius 3 is 2.39 bits per heavy atom. The molecular formula is C20H26N4O7. The molecule has 1 saturated heterocycles. The third kappa shape index (κ3) is 7.07. The van der Waals surface area contributed by atoms with Crippen LogP contribution in [0.4, 0.5) is 0 Å². The Morgan fingerprint density at radius 1 is 1.10 bits per heavy atom. The Hall–Kier alpha value is -3.47. The molecule has 0 spiro atoms. The van der Waals surface area contributed by atoms with Crippen LogP contribution in [-0.4, -0.2) is 76.0 Å². The molecule has 3 unspecified atom stereocenters. The van der Waals surface area contributed by atoms with E-state index in [1.165, 1.54) is 4.90 Å². The van der Waals surface area contributed by atoms with Crippen LogP contribution in [0.3, 0.4) is 0 Å². The molecule has 11 heteroatoms. The van der Waals surface area contributed by atoms with Gasteiger partial charge in [-0.1, -0.05) is 30.3 Å². The van der Waals surface area contributed by atoms with Crippen molar-refractivity contribution >= 4 is 29.7 Å². The molecule has 3 amide bonds. The number of nitrogens with one attached hydrogen (secondary N) is 2. The highest BCUT2D eigenvalue weighted by Gasteiger charge is 2.37. The first-order chi connectivity index (χ1) is 14.7. The number of likely N-dealkylation sites (tertiary alicyclic amines) is 1. The zero-order valence-corrected chi connectivity index (χ0v) is 16.8. The zero-order chi connectivity index (χ0) is 23.0. The number of carbonyl (C=O) groups is 5. The number of rotatable bonds is 10. The molecule has 0 bridgehead atoms. The highest BCUT2D eigenvalue weighted by atomic mass is 16.4. The summed E-state index contributed by atoms with van der Waals surface area (Å²) in [4.78, 5) is 60.7. The van der Waals surface area contributed by atoms with E-state index in [1.807, 2.05) is 35.6 Å². The molecule has 0 saturated carbocycles. The molecule has 3 atom stereocenters. The molecule has 11 nitrogen and oxygen atoms in total. The van der Waals surface area contributed by atoms with Crippen molar-refractivity contribution in [2.45, 2.75) is 43.8 Å². The van der Waals surface area contributed by atoms with E-state index in [2.05, 4.69) is 5.32 Å². The van der Waals surface area contributed by atoms with E-state index < -0.39 is 60.8 Å². The maximum Gasteiger partial charge on any atom is 0.322 e. The second kappa shape index (κ2) is 11.1. The van der Waals surface area contributed by atoms with Gasteiger partial charge in [0.15, 0.2) is 0 Å². The lowest BCUT2D eigenvalue weighted by molar-refractivity contribution is -0.143. The normalized spacial score (nSPS) is 17.5. The number of carbonyl (C=O) groups excluding carboxylic acids is 3. The van der Waals surface area contributed by atoms with Crippen molar-refractivity contribution in [3.8, 4) is 0 Å². The molecular weight excluding hydrogens is 408 g/mol. The predicted octanol–water partition coefficient (Wildman–Crippen LogP) is -1.29. The monoisotopic (exact) mass is 434 g/mol. The quantitative estimate of drug-likeness (QED) is 0.302. The Kier molecular flexibility index (Phi) is 8.50. The van der Waals surface area contributed by atoms with E-state index in [0.29, 0.717) is 25.8 Å². The summed E-state index contributed by atoms with van der Waals surface area (Å²) in [6, 6.07) is 5.97. The summed E-state index contributed by atoms with van der Waals surface area (Å²) >= 11 is 0. The van der Waals surface area contributed by atoms with Crippen molar-refractivity contribution in [1.82, 2.24) is 15.5 Å². The molecule has 2 rings (SSSR count). The Labute approximate surface area is 178 Å². The summed E-state index contributed by atoms with van der Waals surface area (Å²) in [7, 11) is 0. The first-order valence-corrected chi connectivity index (χ1v) is 9.80. The average Bonchev–Trinajstić information content (AvgIpc) is 3.21. The molecule has 1 aliphatic rings. The van der Waals surface area contributed by atoms with E-state index in [4.69, 9.17) is 15.9 Å². The van der Waals surface area contributed by atoms with Crippen molar-refractivity contribution in [2.24, 2.45) is 5.73 Å². The summed E-state index contributed by atoms with van der Waals surface area (Å²) in [5, 5.41) is 22.0. The molecule has 1 aromatic carbocycles. The minimum Gasteiger partial charge on any atom is -0.481 e. The SMILES string of the molecule is NC(Cc1ccccc1)C(=O)N1CCCC1C(=O)NC(CC(=O)O)C(=O)NCC(=O)O. The molecule has 0 radical (unpaired) electrons. The fourth-order valence-electron chi connectivity index (χ4n) is 3.41. The first-order valence-electron chi connectivity index (χ1n) is 9.80. The van der Waals surface area contributed by atoms with E-state index in [9.17, 15) is 24.0 Å². The largest absolute Gasteiger partial charge is 0.481 e. The van der Waals surface area contributed by atoms with Crippen molar-refractivity contribution in [3.05, 3.63) is 35.9 Å². The molecule has 0 aliphatic carbocycles. The van der Waals surface area contributed by atoms with Gasteiger partial charge in [0.25, 0.3) is 0 Å². The van der Waals surface area contributed by atoms with Gasteiger partial charge in [0.2, 0.25) is 17.7 Å². The summed E-state index contributed by atoms with van der Waals surface area (Å²) in [5.41, 5.74) is 6.93. The fraction of sp³-hybridized carbons (Fsp3) is 0.450. The lowest BCUT2D eigenvalue weighted by atomic mass is 10.0. The molecule has 168 valence electrons. The third-order valence-corrected chi connectivity index (χ3v) is 4.88. The van der Waals surface area contributed by atoms with Gasteiger partial charge < -0.3 is 31.5 Å². The van der Waals surface area contributed by atoms with Gasteiger partial charge in [0.1, 0.15) is 18.6 Å². The number of amides is 3. The van der Waals surface area contributed by atoms with Crippen molar-refractivity contribution in [3.63, 3.8) is 0 Å². The molecule has 1 aromatic rings. The van der Waals surface area contributed by atoms with Gasteiger partial charge in [-0.3, -0.25) is 24.0 Å². The van der Waals surface area contributed by atoms with E-state index in [-0.39, 0.29) is 0 Å². The van der Waals surface area contributed by atoms with Gasteiger partial charge in [0.05, 0.1) is 12.5 Å². The number of benzene rings is 1. The zero-order valence-electron chi connectivity index (χ0n) is 16.8. The summed E-state index contributed by atoms with van der Waals surface area (Å²) in [5.74, 6) is -4.69. The average molecular weight is 434 g/mol. The standard InChI is InChI=1S/C20H26N4O7/c21-13(9-12-5-2-1-3-6-12)20(31)24-8-4-7-15(24)19(30)23-14(10-16(25)26)18(29)22-11-17(27)28/h1-3,5-6,13-15H,4,7-11,21H2,(H,22,29)(H,23,30)(H,25,26)(H,27,28). The van der Waals surface area contributed by atoms with Gasteiger partial charge in [0, 0.05) is 6.54 Å². The highest BCUT2D eigenvalue weighted by molar-refractivity contribution is 5.95. The van der Waals surface area contributed by atoms with Crippen LogP contribution < -0.4 is 16.4 Å². The van der Waals surface area contributed by atoms with Crippen molar-refractivity contribution in [2.75, 3.05) is 13.1 Å². The Bertz CT molecular complexity index is 830. The number of carboxylic acids is 2. The maximum absolute atomic E-state index is 12.8. The van der Waals surface area contributed by atoms with Crippen LogP contribution in [0.25, 0.3) is 0 Å². The summed E-state index contributed by atoms with van der Waals surface area (Å²) in [6.45, 7) is -0.401. The molecule has 6 N–H and O–H groups in total. The second-order valence-electron chi connectivity index (χ2n) is 7.26. The Balaban J connectivity index is 2.03. The number of nitrogens with two attached hydrogens (primary N) is 1. The van der Waals surface area contributed by atoms with E-state index in [1.54, 1.807) is 0 Å². The van der Waals surface area contributed by atoms with E-state index >= 15 is 0 Å². The first kappa shape index (κ1) is 23.8. The van der Waals surface area contributed by atoms with Gasteiger partial charge >= 0.3 is 11.9 Å². The fourth-order valence-corrected chi connectivity index (χ4v) is 3.41. The number of nitrogens with zero attached hydrogens (tertiary/aromatic N) is 1. The van der Waals surface area contributed by atoms with Crippen molar-refractivity contribution in [1.29, 1.82) is 0 Å². The van der Waals surface area contributed by atoms with Crippen LogP contribution in [0.5, 0.6) is 0 Å². The minimum atomic E-state index is -1.47. The predicted molar refractivity (Wildman–Crippen MR) is 108 cm³/mol. The molecule has 0 aromatic heterocycles.